The third-order valence-corrected chi connectivity index (χ3v) is 3.48. The van der Waals surface area contributed by atoms with Crippen LogP contribution in [0.1, 0.15) is 40.0 Å². The van der Waals surface area contributed by atoms with E-state index in [2.05, 4.69) is 19.1 Å². The molecule has 1 heteroatoms. The summed E-state index contributed by atoms with van der Waals surface area (Å²) < 4.78 is 7.81. The SMILES string of the molecule is [2H]/C(C)=C(\SCCCCC)c1ccccc1. The molecule has 0 aliphatic rings. The number of allylic oxidation sites excluding steroid dienone is 1. The second-order valence-corrected chi connectivity index (χ2v) is 4.61. The van der Waals surface area contributed by atoms with E-state index in [4.69, 9.17) is 1.37 Å². The van der Waals surface area contributed by atoms with Crippen molar-refractivity contribution in [1.29, 1.82) is 0 Å². The molecular formula is C14H20S. The first-order valence-electron chi connectivity index (χ1n) is 6.11. The van der Waals surface area contributed by atoms with Gasteiger partial charge in [0.1, 0.15) is 0 Å². The van der Waals surface area contributed by atoms with Gasteiger partial charge >= 0.3 is 0 Å². The molecule has 0 aromatic heterocycles. The molecule has 0 heterocycles. The van der Waals surface area contributed by atoms with Crippen LogP contribution < -0.4 is 0 Å². The van der Waals surface area contributed by atoms with Crippen LogP contribution in [0.15, 0.2) is 36.4 Å². The van der Waals surface area contributed by atoms with E-state index in [0.717, 1.165) is 10.7 Å². The van der Waals surface area contributed by atoms with Crippen LogP contribution >= 0.6 is 11.8 Å². The Kier molecular flexibility index (Phi) is 5.47. The molecule has 0 nitrogen and oxygen atoms in total. The van der Waals surface area contributed by atoms with Crippen molar-refractivity contribution in [3.63, 3.8) is 0 Å². The summed E-state index contributed by atoms with van der Waals surface area (Å²) in [6.45, 7) is 4.09. The number of rotatable bonds is 6. The molecule has 0 fully saturated rings. The lowest BCUT2D eigenvalue weighted by molar-refractivity contribution is 0.779. The van der Waals surface area contributed by atoms with E-state index in [1.165, 1.54) is 24.8 Å². The van der Waals surface area contributed by atoms with Gasteiger partial charge in [-0.25, -0.2) is 0 Å². The highest BCUT2D eigenvalue weighted by atomic mass is 32.2. The zero-order chi connectivity index (χ0) is 11.8. The number of thioether (sulfide) groups is 1. The molecular weight excluding hydrogens is 200 g/mol. The molecule has 0 bridgehead atoms. The Balaban J connectivity index is 2.61. The highest BCUT2D eigenvalue weighted by Crippen LogP contribution is 2.27. The molecule has 0 saturated heterocycles. The molecule has 1 aromatic carbocycles. The van der Waals surface area contributed by atoms with Crippen LogP contribution in [0.2, 0.25) is 0 Å². The van der Waals surface area contributed by atoms with Gasteiger partial charge in [0.25, 0.3) is 0 Å². The van der Waals surface area contributed by atoms with Crippen molar-refractivity contribution >= 4 is 16.7 Å². The Morgan fingerprint density at radius 3 is 2.67 bits per heavy atom. The van der Waals surface area contributed by atoms with Crippen LogP contribution in [0.3, 0.4) is 0 Å². The first kappa shape index (κ1) is 10.8. The molecule has 1 rings (SSSR count). The smallest absolute Gasteiger partial charge is 0.0585 e. The minimum Gasteiger partial charge on any atom is -0.126 e. The second kappa shape index (κ2) is 7.58. The van der Waals surface area contributed by atoms with Gasteiger partial charge in [-0.1, -0.05) is 56.1 Å². The van der Waals surface area contributed by atoms with Crippen molar-refractivity contribution in [3.05, 3.63) is 41.9 Å². The minimum atomic E-state index is 0.674. The molecule has 0 aliphatic carbocycles. The highest BCUT2D eigenvalue weighted by Gasteiger charge is 1.99. The Hall–Kier alpha value is -0.690. The first-order chi connectivity index (χ1) is 7.75. The summed E-state index contributed by atoms with van der Waals surface area (Å²) in [5.74, 6) is 1.12. The number of hydrogen-bond donors (Lipinski definition) is 0. The Bertz CT molecular complexity index is 326. The molecule has 0 amide bonds. The third-order valence-electron chi connectivity index (χ3n) is 2.26. The van der Waals surface area contributed by atoms with Crippen molar-refractivity contribution in [2.24, 2.45) is 0 Å². The predicted octanol–water partition coefficient (Wildman–Crippen LogP) is 4.97. The van der Waals surface area contributed by atoms with Gasteiger partial charge in [-0.05, 0) is 24.7 Å². The fourth-order valence-corrected chi connectivity index (χ4v) is 2.42. The lowest BCUT2D eigenvalue weighted by atomic mass is 10.2. The largest absolute Gasteiger partial charge is 0.126 e. The molecule has 82 valence electrons. The Morgan fingerprint density at radius 2 is 2.07 bits per heavy atom. The number of unbranched alkanes of at least 4 members (excludes halogenated alkanes) is 2. The van der Waals surface area contributed by atoms with Gasteiger partial charge in [0, 0.05) is 4.91 Å². The molecule has 0 radical (unpaired) electrons. The van der Waals surface area contributed by atoms with Crippen molar-refractivity contribution in [3.8, 4) is 0 Å². The molecule has 0 saturated carbocycles. The van der Waals surface area contributed by atoms with Crippen LogP contribution in [-0.2, 0) is 0 Å². The van der Waals surface area contributed by atoms with E-state index in [1.807, 2.05) is 36.9 Å². The van der Waals surface area contributed by atoms with E-state index in [9.17, 15) is 0 Å². The van der Waals surface area contributed by atoms with Gasteiger partial charge in [-0.3, -0.25) is 0 Å². The number of hydrogen-bond acceptors (Lipinski definition) is 1. The minimum absolute atomic E-state index is 0.674. The van der Waals surface area contributed by atoms with E-state index in [1.54, 1.807) is 0 Å². The summed E-state index contributed by atoms with van der Waals surface area (Å²) in [7, 11) is 0. The monoisotopic (exact) mass is 221 g/mol. The van der Waals surface area contributed by atoms with Crippen LogP contribution in [-0.4, -0.2) is 5.75 Å². The first-order valence-corrected chi connectivity index (χ1v) is 6.60. The van der Waals surface area contributed by atoms with Gasteiger partial charge < -0.3 is 0 Å². The van der Waals surface area contributed by atoms with Gasteiger partial charge in [-0.2, -0.15) is 0 Å². The molecule has 15 heavy (non-hydrogen) atoms. The Morgan fingerprint density at radius 1 is 1.33 bits per heavy atom. The van der Waals surface area contributed by atoms with Crippen LogP contribution in [0.4, 0.5) is 0 Å². The topological polar surface area (TPSA) is 0 Å². The van der Waals surface area contributed by atoms with Gasteiger partial charge in [0.2, 0.25) is 0 Å². The van der Waals surface area contributed by atoms with Crippen LogP contribution in [0.25, 0.3) is 4.91 Å². The predicted molar refractivity (Wildman–Crippen MR) is 72.1 cm³/mol. The van der Waals surface area contributed by atoms with Crippen LogP contribution in [0.5, 0.6) is 0 Å². The summed E-state index contributed by atoms with van der Waals surface area (Å²) in [5, 5.41) is 0. The summed E-state index contributed by atoms with van der Waals surface area (Å²) >= 11 is 1.81. The molecule has 0 N–H and O–H groups in total. The zero-order valence-electron chi connectivity index (χ0n) is 10.6. The summed E-state index contributed by atoms with van der Waals surface area (Å²) in [6.07, 6.45) is 3.78. The van der Waals surface area contributed by atoms with Crippen molar-refractivity contribution in [1.82, 2.24) is 0 Å². The lowest BCUT2D eigenvalue weighted by Crippen LogP contribution is -1.83. The maximum Gasteiger partial charge on any atom is 0.0585 e. The maximum atomic E-state index is 7.81. The van der Waals surface area contributed by atoms with E-state index in [0.29, 0.717) is 6.05 Å². The third kappa shape index (κ3) is 4.57. The van der Waals surface area contributed by atoms with Gasteiger partial charge in [-0.15, -0.1) is 11.8 Å². The highest BCUT2D eigenvalue weighted by molar-refractivity contribution is 8.08. The summed E-state index contributed by atoms with van der Waals surface area (Å²) in [4.78, 5) is 1.12. The Labute approximate surface area is 99.2 Å². The van der Waals surface area contributed by atoms with E-state index < -0.39 is 0 Å². The number of benzene rings is 1. The van der Waals surface area contributed by atoms with Crippen molar-refractivity contribution < 1.29 is 1.37 Å². The fourth-order valence-electron chi connectivity index (χ4n) is 1.42. The molecule has 0 unspecified atom stereocenters. The van der Waals surface area contributed by atoms with Gasteiger partial charge in [0.15, 0.2) is 0 Å². The molecule has 0 spiro atoms. The standard InChI is InChI=1S/C14H20S/c1-3-5-9-12-15-14(4-2)13-10-7-6-8-11-13/h4,6-8,10-11H,3,5,9,12H2,1-2H3/b14-4+/i4D. The van der Waals surface area contributed by atoms with Crippen LogP contribution in [0, 0.1) is 0 Å². The maximum absolute atomic E-state index is 7.81. The molecule has 1 aromatic rings. The van der Waals surface area contributed by atoms with Crippen molar-refractivity contribution in [2.45, 2.75) is 33.1 Å². The molecule has 0 atom stereocenters. The van der Waals surface area contributed by atoms with E-state index in [-0.39, 0.29) is 0 Å². The fraction of sp³-hybridized carbons (Fsp3) is 0.429. The van der Waals surface area contributed by atoms with Crippen molar-refractivity contribution in [2.75, 3.05) is 5.75 Å². The quantitative estimate of drug-likeness (QED) is 0.611. The summed E-state index contributed by atoms with van der Waals surface area (Å²) in [6, 6.07) is 10.9. The van der Waals surface area contributed by atoms with Gasteiger partial charge in [0.05, 0.1) is 1.37 Å². The lowest BCUT2D eigenvalue weighted by Gasteiger charge is -2.06. The summed E-state index contributed by atoms with van der Waals surface area (Å²) in [5.41, 5.74) is 1.18. The normalized spacial score (nSPS) is 13.3. The zero-order valence-corrected chi connectivity index (χ0v) is 10.4. The van der Waals surface area contributed by atoms with E-state index >= 15 is 0 Å². The molecule has 0 aliphatic heterocycles. The second-order valence-electron chi connectivity index (χ2n) is 3.50. The average molecular weight is 221 g/mol. The average Bonchev–Trinajstić information content (AvgIpc) is 2.30.